The fourth-order valence-corrected chi connectivity index (χ4v) is 3.20. The molecular weight excluding hydrogens is 348 g/mol. The summed E-state index contributed by atoms with van der Waals surface area (Å²) >= 11 is 1.21. The van der Waals surface area contributed by atoms with Gasteiger partial charge in [-0.15, -0.1) is 0 Å². The van der Waals surface area contributed by atoms with E-state index in [0.29, 0.717) is 18.8 Å². The molecule has 1 aromatic heterocycles. The number of rotatable bonds is 6. The summed E-state index contributed by atoms with van der Waals surface area (Å²) in [5, 5.41) is 9.40. The Morgan fingerprint density at radius 2 is 2.20 bits per heavy atom. The number of carbonyl (C=O) groups excluding carboxylic acids is 1. The van der Waals surface area contributed by atoms with Gasteiger partial charge in [-0.25, -0.2) is 4.79 Å². The van der Waals surface area contributed by atoms with Gasteiger partial charge in [0, 0.05) is 29.9 Å². The van der Waals surface area contributed by atoms with Crippen molar-refractivity contribution in [2.45, 2.75) is 45.6 Å². The molecule has 0 unspecified atom stereocenters. The lowest BCUT2D eigenvalue weighted by atomic mass is 10.00. The van der Waals surface area contributed by atoms with Crippen LogP contribution in [0.25, 0.3) is 0 Å². The number of hydrogen-bond acceptors (Lipinski definition) is 7. The zero-order valence-electron chi connectivity index (χ0n) is 14.6. The fraction of sp³-hybridized carbons (Fsp3) is 0.688. The predicted molar refractivity (Wildman–Crippen MR) is 93.6 cm³/mol. The summed E-state index contributed by atoms with van der Waals surface area (Å²) in [6.45, 7) is 5.70. The molecule has 0 aliphatic carbocycles. The van der Waals surface area contributed by atoms with Crippen LogP contribution in [0.1, 0.15) is 33.4 Å². The number of aromatic nitrogens is 2. The molecule has 0 bridgehead atoms. The van der Waals surface area contributed by atoms with Crippen molar-refractivity contribution in [3.05, 3.63) is 33.1 Å². The van der Waals surface area contributed by atoms with E-state index >= 15 is 0 Å². The second kappa shape index (κ2) is 8.31. The van der Waals surface area contributed by atoms with Crippen LogP contribution in [0, 0.1) is 5.41 Å². The Morgan fingerprint density at radius 1 is 1.48 bits per heavy atom. The Labute approximate surface area is 149 Å². The fourth-order valence-electron chi connectivity index (χ4n) is 2.41. The second-order valence-corrected chi connectivity index (χ2v) is 7.95. The van der Waals surface area contributed by atoms with E-state index in [0.717, 1.165) is 0 Å². The monoisotopic (exact) mass is 372 g/mol. The molecular formula is C16H24N2O6S. The minimum atomic E-state index is -0.732. The van der Waals surface area contributed by atoms with Crippen molar-refractivity contribution < 1.29 is 19.4 Å². The molecule has 0 aromatic carbocycles. The van der Waals surface area contributed by atoms with Crippen LogP contribution in [0.4, 0.5) is 0 Å². The molecule has 1 fully saturated rings. The number of carbonyl (C=O) groups is 1. The van der Waals surface area contributed by atoms with Crippen molar-refractivity contribution in [3.8, 4) is 0 Å². The van der Waals surface area contributed by atoms with Crippen LogP contribution in [0.5, 0.6) is 0 Å². The van der Waals surface area contributed by atoms with Gasteiger partial charge in [0.2, 0.25) is 0 Å². The summed E-state index contributed by atoms with van der Waals surface area (Å²) in [6, 6.07) is 1.23. The average molecular weight is 372 g/mol. The molecule has 2 N–H and O–H groups in total. The number of H-pyrrole nitrogens is 1. The van der Waals surface area contributed by atoms with Gasteiger partial charge >= 0.3 is 5.69 Å². The molecule has 3 atom stereocenters. The van der Waals surface area contributed by atoms with E-state index in [1.807, 2.05) is 20.8 Å². The van der Waals surface area contributed by atoms with Gasteiger partial charge in [0.05, 0.1) is 19.3 Å². The summed E-state index contributed by atoms with van der Waals surface area (Å²) in [7, 11) is 0. The first-order valence-electron chi connectivity index (χ1n) is 8.09. The van der Waals surface area contributed by atoms with E-state index in [1.54, 1.807) is 0 Å². The molecule has 0 amide bonds. The van der Waals surface area contributed by atoms with Crippen LogP contribution >= 0.6 is 11.8 Å². The molecule has 9 heteroatoms. The van der Waals surface area contributed by atoms with E-state index in [9.17, 15) is 19.5 Å². The molecule has 8 nitrogen and oxygen atoms in total. The number of hydrogen-bond donors (Lipinski definition) is 2. The third kappa shape index (κ3) is 5.27. The van der Waals surface area contributed by atoms with E-state index in [-0.39, 0.29) is 11.7 Å². The van der Waals surface area contributed by atoms with Gasteiger partial charge in [-0.3, -0.25) is 19.1 Å². The normalized spacial score (nSPS) is 23.8. The maximum absolute atomic E-state index is 12.0. The molecule has 140 valence electrons. The topological polar surface area (TPSA) is 111 Å². The SMILES string of the molecule is CC(C)(C)C(=O)SCCO[C@@H]1C[C@@H](CO)O[C@H]1n1ccc(=O)[nH]c1=O. The first kappa shape index (κ1) is 19.9. The Hall–Kier alpha value is -1.42. The number of nitrogens with one attached hydrogen (secondary N) is 1. The number of aliphatic hydroxyl groups is 1. The van der Waals surface area contributed by atoms with E-state index in [4.69, 9.17) is 9.47 Å². The minimum absolute atomic E-state index is 0.0837. The first-order chi connectivity index (χ1) is 11.7. The second-order valence-electron chi connectivity index (χ2n) is 6.88. The van der Waals surface area contributed by atoms with Gasteiger partial charge in [0.25, 0.3) is 5.56 Å². The highest BCUT2D eigenvalue weighted by Gasteiger charge is 2.37. The van der Waals surface area contributed by atoms with E-state index < -0.39 is 35.1 Å². The van der Waals surface area contributed by atoms with Gasteiger partial charge in [-0.2, -0.15) is 0 Å². The van der Waals surface area contributed by atoms with Gasteiger partial charge in [0.15, 0.2) is 11.3 Å². The Kier molecular flexibility index (Phi) is 6.61. The molecule has 2 heterocycles. The largest absolute Gasteiger partial charge is 0.394 e. The molecule has 25 heavy (non-hydrogen) atoms. The highest BCUT2D eigenvalue weighted by atomic mass is 32.2. The van der Waals surface area contributed by atoms with Crippen molar-refractivity contribution >= 4 is 16.9 Å². The molecule has 1 aliphatic rings. The maximum Gasteiger partial charge on any atom is 0.330 e. The van der Waals surface area contributed by atoms with Crippen molar-refractivity contribution in [2.75, 3.05) is 19.0 Å². The molecule has 0 radical (unpaired) electrons. The zero-order chi connectivity index (χ0) is 18.6. The van der Waals surface area contributed by atoms with Crippen LogP contribution in [-0.4, -0.2) is 50.9 Å². The van der Waals surface area contributed by atoms with E-state index in [2.05, 4.69) is 4.98 Å². The lowest BCUT2D eigenvalue weighted by Gasteiger charge is -2.21. The number of nitrogens with zero attached hydrogens (tertiary/aromatic N) is 1. The third-order valence-corrected chi connectivity index (χ3v) is 4.98. The summed E-state index contributed by atoms with van der Waals surface area (Å²) in [6.07, 6.45) is 0.137. The summed E-state index contributed by atoms with van der Waals surface area (Å²) < 4.78 is 12.7. The Morgan fingerprint density at radius 3 is 2.80 bits per heavy atom. The first-order valence-corrected chi connectivity index (χ1v) is 9.07. The number of aromatic amines is 1. The number of aliphatic hydroxyl groups excluding tert-OH is 1. The average Bonchev–Trinajstić information content (AvgIpc) is 2.93. The van der Waals surface area contributed by atoms with E-state index in [1.165, 1.54) is 28.6 Å². The van der Waals surface area contributed by atoms with Crippen molar-refractivity contribution in [2.24, 2.45) is 5.41 Å². The quantitative estimate of drug-likeness (QED) is 0.700. The minimum Gasteiger partial charge on any atom is -0.394 e. The van der Waals surface area contributed by atoms with Gasteiger partial charge in [0.1, 0.15) is 6.10 Å². The summed E-state index contributed by atoms with van der Waals surface area (Å²) in [5.74, 6) is 0.490. The van der Waals surface area contributed by atoms with Crippen LogP contribution in [0.3, 0.4) is 0 Å². The number of ether oxygens (including phenoxy) is 2. The van der Waals surface area contributed by atoms with Crippen molar-refractivity contribution in [3.63, 3.8) is 0 Å². The highest BCUT2D eigenvalue weighted by Crippen LogP contribution is 2.30. The molecule has 1 aromatic rings. The van der Waals surface area contributed by atoms with Gasteiger partial charge in [-0.1, -0.05) is 32.5 Å². The maximum atomic E-state index is 12.0. The van der Waals surface area contributed by atoms with Crippen LogP contribution < -0.4 is 11.2 Å². The molecule has 2 rings (SSSR count). The summed E-state index contributed by atoms with van der Waals surface area (Å²) in [5.41, 5.74) is -1.50. The van der Waals surface area contributed by atoms with Crippen LogP contribution in [0.2, 0.25) is 0 Å². The zero-order valence-corrected chi connectivity index (χ0v) is 15.4. The standard InChI is InChI=1S/C16H24N2O6S/c1-16(2,3)14(21)25-7-6-23-11-8-10(9-19)24-13(11)18-5-4-12(20)17-15(18)22/h4-5,10-11,13,19H,6-9H2,1-3H3,(H,17,20,22)/t10-,11+,13+/m0/s1. The smallest absolute Gasteiger partial charge is 0.330 e. The van der Waals surface area contributed by atoms with Gasteiger partial charge in [-0.05, 0) is 0 Å². The van der Waals surface area contributed by atoms with Crippen molar-refractivity contribution in [1.29, 1.82) is 0 Å². The summed E-state index contributed by atoms with van der Waals surface area (Å²) in [4.78, 5) is 37.2. The lowest BCUT2D eigenvalue weighted by Crippen LogP contribution is -2.36. The van der Waals surface area contributed by atoms with Crippen molar-refractivity contribution in [1.82, 2.24) is 9.55 Å². The number of thioether (sulfide) groups is 1. The van der Waals surface area contributed by atoms with Crippen LogP contribution in [0.15, 0.2) is 21.9 Å². The Balaban J connectivity index is 1.98. The molecule has 0 saturated carbocycles. The van der Waals surface area contributed by atoms with Gasteiger partial charge < -0.3 is 14.6 Å². The lowest BCUT2D eigenvalue weighted by molar-refractivity contribution is -0.117. The third-order valence-electron chi connectivity index (χ3n) is 3.73. The molecule has 0 spiro atoms. The molecule has 1 aliphatic heterocycles. The Bertz CT molecular complexity index is 708. The highest BCUT2D eigenvalue weighted by molar-refractivity contribution is 8.13. The van der Waals surface area contributed by atoms with Crippen LogP contribution in [-0.2, 0) is 14.3 Å². The predicted octanol–water partition coefficient (Wildman–Crippen LogP) is 0.507. The molecule has 1 saturated heterocycles.